The molecule has 8 heteroatoms. The molecule has 28 heavy (non-hydrogen) atoms. The summed E-state index contributed by atoms with van der Waals surface area (Å²) < 4.78 is 3.58. The summed E-state index contributed by atoms with van der Waals surface area (Å²) in [7, 11) is 1.90. The van der Waals surface area contributed by atoms with E-state index in [0.717, 1.165) is 41.0 Å². The van der Waals surface area contributed by atoms with Crippen LogP contribution in [-0.4, -0.2) is 36.8 Å². The van der Waals surface area contributed by atoms with Gasteiger partial charge in [0.1, 0.15) is 10.9 Å². The van der Waals surface area contributed by atoms with E-state index in [1.807, 2.05) is 37.8 Å². The number of carbonyl (C=O) groups excluding carboxylic acids is 1. The molecule has 2 fully saturated rings. The smallest absolute Gasteiger partial charge is 0.249 e. The number of fused-ring (bicyclic) bond motifs is 1. The highest BCUT2D eigenvalue weighted by Gasteiger charge is 2.57. The van der Waals surface area contributed by atoms with Crippen LogP contribution in [-0.2, 0) is 11.8 Å². The Morgan fingerprint density at radius 3 is 2.75 bits per heavy atom. The maximum Gasteiger partial charge on any atom is 0.249 e. The van der Waals surface area contributed by atoms with Crippen molar-refractivity contribution in [2.24, 2.45) is 18.4 Å². The topological polar surface area (TPSA) is 92.1 Å². The van der Waals surface area contributed by atoms with Crippen molar-refractivity contribution in [2.45, 2.75) is 33.1 Å². The minimum absolute atomic E-state index is 0.120. The monoisotopic (exact) mass is 375 g/mol. The summed E-state index contributed by atoms with van der Waals surface area (Å²) in [4.78, 5) is 19.9. The van der Waals surface area contributed by atoms with Crippen LogP contribution in [0.2, 0.25) is 0 Å². The SMILES string of the molecule is Cc1nn(C)c(C)c1-c1cn2nccc2c(N2CC[C@@](C#N)(C3CC3)C2=O)n1. The van der Waals surface area contributed by atoms with Crippen molar-refractivity contribution in [1.82, 2.24) is 24.4 Å². The average molecular weight is 375 g/mol. The lowest BCUT2D eigenvalue weighted by molar-refractivity contribution is -0.123. The molecular formula is C20H21N7O. The maximum absolute atomic E-state index is 13.3. The van der Waals surface area contributed by atoms with Crippen molar-refractivity contribution in [1.29, 1.82) is 5.26 Å². The Morgan fingerprint density at radius 2 is 2.11 bits per heavy atom. The van der Waals surface area contributed by atoms with Gasteiger partial charge in [0.2, 0.25) is 5.91 Å². The lowest BCUT2D eigenvalue weighted by Crippen LogP contribution is -2.36. The van der Waals surface area contributed by atoms with Crippen molar-refractivity contribution in [3.05, 3.63) is 29.8 Å². The number of aryl methyl sites for hydroxylation is 2. The fourth-order valence-electron chi connectivity index (χ4n) is 4.46. The molecule has 1 saturated carbocycles. The molecule has 2 aliphatic rings. The molecule has 3 aromatic heterocycles. The molecule has 0 N–H and O–H groups in total. The Hall–Kier alpha value is -3.21. The van der Waals surface area contributed by atoms with E-state index in [-0.39, 0.29) is 11.8 Å². The van der Waals surface area contributed by atoms with E-state index in [1.54, 1.807) is 15.6 Å². The van der Waals surface area contributed by atoms with Crippen LogP contribution in [0.15, 0.2) is 18.5 Å². The molecule has 0 radical (unpaired) electrons. The highest BCUT2D eigenvalue weighted by Crippen LogP contribution is 2.52. The second kappa shape index (κ2) is 5.64. The largest absolute Gasteiger partial charge is 0.294 e. The molecule has 0 unspecified atom stereocenters. The van der Waals surface area contributed by atoms with Gasteiger partial charge in [0, 0.05) is 24.8 Å². The summed E-state index contributed by atoms with van der Waals surface area (Å²) in [6, 6.07) is 4.20. The van der Waals surface area contributed by atoms with Crippen LogP contribution >= 0.6 is 0 Å². The first-order valence-electron chi connectivity index (χ1n) is 9.54. The second-order valence-electron chi connectivity index (χ2n) is 7.84. The van der Waals surface area contributed by atoms with Crippen LogP contribution < -0.4 is 4.90 Å². The lowest BCUT2D eigenvalue weighted by atomic mass is 9.83. The third-order valence-corrected chi connectivity index (χ3v) is 6.22. The Balaban J connectivity index is 1.67. The molecule has 1 amide bonds. The van der Waals surface area contributed by atoms with Gasteiger partial charge < -0.3 is 0 Å². The van der Waals surface area contributed by atoms with E-state index >= 15 is 0 Å². The van der Waals surface area contributed by atoms with Crippen LogP contribution in [0.4, 0.5) is 5.82 Å². The zero-order valence-corrected chi connectivity index (χ0v) is 16.2. The standard InChI is InChI=1S/C20H21N7O/c1-12-17(13(2)25(3)24-12)15-10-27-16(6-8-22-27)18(23-15)26-9-7-20(11-21,19(26)28)14-4-5-14/h6,8,10,14H,4-5,7,9H2,1-3H3/t20-/m1/s1. The fourth-order valence-corrected chi connectivity index (χ4v) is 4.46. The number of amides is 1. The molecule has 0 spiro atoms. The molecule has 8 nitrogen and oxygen atoms in total. The van der Waals surface area contributed by atoms with Crippen molar-refractivity contribution in [3.63, 3.8) is 0 Å². The van der Waals surface area contributed by atoms with Crippen LogP contribution in [0.3, 0.4) is 0 Å². The molecule has 0 bridgehead atoms. The number of aromatic nitrogens is 5. The van der Waals surface area contributed by atoms with E-state index < -0.39 is 5.41 Å². The first-order chi connectivity index (χ1) is 13.5. The van der Waals surface area contributed by atoms with Gasteiger partial charge in [-0.25, -0.2) is 9.50 Å². The quantitative estimate of drug-likeness (QED) is 0.701. The Bertz CT molecular complexity index is 1160. The Kier molecular flexibility index (Phi) is 3.41. The number of rotatable bonds is 3. The van der Waals surface area contributed by atoms with Gasteiger partial charge in [-0.2, -0.15) is 15.5 Å². The van der Waals surface area contributed by atoms with Crippen molar-refractivity contribution in [3.8, 4) is 17.3 Å². The van der Waals surface area contributed by atoms with Crippen molar-refractivity contribution in [2.75, 3.05) is 11.4 Å². The number of nitrogens with zero attached hydrogens (tertiary/aromatic N) is 7. The van der Waals surface area contributed by atoms with Crippen molar-refractivity contribution < 1.29 is 4.79 Å². The first-order valence-corrected chi connectivity index (χ1v) is 9.54. The number of hydrogen-bond acceptors (Lipinski definition) is 5. The third kappa shape index (κ3) is 2.16. The van der Waals surface area contributed by atoms with Crippen LogP contribution in [0.1, 0.15) is 30.7 Å². The molecule has 1 atom stereocenters. The van der Waals surface area contributed by atoms with E-state index in [2.05, 4.69) is 16.3 Å². The van der Waals surface area contributed by atoms with Gasteiger partial charge in [-0.05, 0) is 45.1 Å². The van der Waals surface area contributed by atoms with Crippen LogP contribution in [0.5, 0.6) is 0 Å². The predicted molar refractivity (Wildman–Crippen MR) is 102 cm³/mol. The summed E-state index contributed by atoms with van der Waals surface area (Å²) in [5, 5.41) is 18.7. The predicted octanol–water partition coefficient (Wildman–Crippen LogP) is 2.40. The molecule has 0 aromatic carbocycles. The average Bonchev–Trinajstić information content (AvgIpc) is 3.24. The zero-order chi connectivity index (χ0) is 19.6. The number of nitriles is 1. The summed E-state index contributed by atoms with van der Waals surface area (Å²) in [5.74, 6) is 0.632. The summed E-state index contributed by atoms with van der Waals surface area (Å²) in [5.41, 5.74) is 3.42. The number of carbonyl (C=O) groups is 1. The lowest BCUT2D eigenvalue weighted by Gasteiger charge is -2.21. The van der Waals surface area contributed by atoms with E-state index in [9.17, 15) is 10.1 Å². The van der Waals surface area contributed by atoms with Crippen molar-refractivity contribution >= 4 is 17.2 Å². The number of hydrogen-bond donors (Lipinski definition) is 0. The molecule has 1 aliphatic carbocycles. The molecule has 142 valence electrons. The fraction of sp³-hybridized carbons (Fsp3) is 0.450. The van der Waals surface area contributed by atoms with E-state index in [0.29, 0.717) is 18.8 Å². The molecule has 1 aliphatic heterocycles. The maximum atomic E-state index is 13.3. The minimum atomic E-state index is -0.894. The van der Waals surface area contributed by atoms with Gasteiger partial charge in [0.15, 0.2) is 5.82 Å². The summed E-state index contributed by atoms with van der Waals surface area (Å²) in [6.07, 6.45) is 6.04. The van der Waals surface area contributed by atoms with E-state index in [4.69, 9.17) is 4.98 Å². The highest BCUT2D eigenvalue weighted by molar-refractivity contribution is 6.04. The third-order valence-electron chi connectivity index (χ3n) is 6.22. The summed E-state index contributed by atoms with van der Waals surface area (Å²) >= 11 is 0. The molecule has 4 heterocycles. The van der Waals surface area contributed by atoms with Gasteiger partial charge in [-0.3, -0.25) is 14.4 Å². The highest BCUT2D eigenvalue weighted by atomic mass is 16.2. The Morgan fingerprint density at radius 1 is 1.32 bits per heavy atom. The summed E-state index contributed by atoms with van der Waals surface area (Å²) in [6.45, 7) is 4.45. The van der Waals surface area contributed by atoms with Crippen LogP contribution in [0, 0.1) is 36.5 Å². The molecule has 1 saturated heterocycles. The minimum Gasteiger partial charge on any atom is -0.294 e. The molecular weight excluding hydrogens is 354 g/mol. The zero-order valence-electron chi connectivity index (χ0n) is 16.2. The second-order valence-corrected chi connectivity index (χ2v) is 7.84. The van der Waals surface area contributed by atoms with Gasteiger partial charge in [0.25, 0.3) is 0 Å². The van der Waals surface area contributed by atoms with Gasteiger partial charge in [-0.15, -0.1) is 0 Å². The van der Waals surface area contributed by atoms with Crippen LogP contribution in [0.25, 0.3) is 16.8 Å². The van der Waals surface area contributed by atoms with Gasteiger partial charge in [-0.1, -0.05) is 0 Å². The Labute approximate surface area is 162 Å². The molecule has 3 aromatic rings. The molecule has 5 rings (SSSR count). The van der Waals surface area contributed by atoms with Gasteiger partial charge >= 0.3 is 0 Å². The van der Waals surface area contributed by atoms with Gasteiger partial charge in [0.05, 0.1) is 29.9 Å². The van der Waals surface area contributed by atoms with E-state index in [1.165, 1.54) is 0 Å². The number of anilines is 1. The first kappa shape index (κ1) is 16.9. The normalized spacial score (nSPS) is 22.2.